The summed E-state index contributed by atoms with van der Waals surface area (Å²) in [5.41, 5.74) is -0.999. The lowest BCUT2D eigenvalue weighted by atomic mass is 9.99. The van der Waals surface area contributed by atoms with Gasteiger partial charge >= 0.3 is 0 Å². The van der Waals surface area contributed by atoms with E-state index in [0.717, 1.165) is 13.0 Å². The Morgan fingerprint density at radius 3 is 2.59 bits per heavy atom. The predicted octanol–water partition coefficient (Wildman–Crippen LogP) is 4.35. The molecule has 0 radical (unpaired) electrons. The Morgan fingerprint density at radius 1 is 1.28 bits per heavy atom. The molecule has 2 aromatic carbocycles. The number of amides is 1. The highest BCUT2D eigenvalue weighted by molar-refractivity contribution is 6.34. The molecule has 3 aromatic rings. The van der Waals surface area contributed by atoms with Gasteiger partial charge in [0.15, 0.2) is 5.78 Å². The normalized spacial score (nSPS) is 10.5. The van der Waals surface area contributed by atoms with Crippen LogP contribution in [-0.4, -0.2) is 21.5 Å². The van der Waals surface area contributed by atoms with Gasteiger partial charge in [0.25, 0.3) is 5.91 Å². The molecule has 146 valence electrons. The first-order valence-electron chi connectivity index (χ1n) is 8.26. The number of carbonyl (C=O) groups is 2. The fourth-order valence-corrected chi connectivity index (χ4v) is 3.04. The summed E-state index contributed by atoms with van der Waals surface area (Å²) in [5.74, 6) is -3.62. The number of Topliss-reactive ketones (excluding diaryl/α,β-unsaturated/α-hetero) is 1. The van der Waals surface area contributed by atoms with Crippen LogP contribution in [0.25, 0.3) is 11.1 Å². The Hall–Kier alpha value is -3.57. The summed E-state index contributed by atoms with van der Waals surface area (Å²) in [7, 11) is 1.58. The molecule has 1 heterocycles. The maximum atomic E-state index is 15.1. The van der Waals surface area contributed by atoms with Gasteiger partial charge in [0.1, 0.15) is 11.6 Å². The molecule has 0 unspecified atom stereocenters. The van der Waals surface area contributed by atoms with E-state index in [9.17, 15) is 14.0 Å². The first-order chi connectivity index (χ1) is 13.7. The van der Waals surface area contributed by atoms with Crippen LogP contribution >= 0.6 is 11.6 Å². The van der Waals surface area contributed by atoms with E-state index in [2.05, 4.69) is 10.4 Å². The van der Waals surface area contributed by atoms with Crippen LogP contribution in [0.1, 0.15) is 33.2 Å². The number of nitriles is 1. The zero-order valence-electron chi connectivity index (χ0n) is 15.3. The molecule has 0 bridgehead atoms. The van der Waals surface area contributed by atoms with E-state index in [0.29, 0.717) is 0 Å². The Kier molecular flexibility index (Phi) is 5.43. The van der Waals surface area contributed by atoms with Crippen molar-refractivity contribution in [3.63, 3.8) is 0 Å². The third-order valence-corrected chi connectivity index (χ3v) is 4.48. The largest absolute Gasteiger partial charge is 0.321 e. The van der Waals surface area contributed by atoms with Gasteiger partial charge in [-0.3, -0.25) is 14.3 Å². The van der Waals surface area contributed by atoms with Crippen molar-refractivity contribution in [2.75, 3.05) is 5.32 Å². The van der Waals surface area contributed by atoms with Crippen LogP contribution in [-0.2, 0) is 7.05 Å². The second-order valence-electron chi connectivity index (χ2n) is 6.19. The zero-order chi connectivity index (χ0) is 21.3. The smallest absolute Gasteiger partial charge is 0.257 e. The van der Waals surface area contributed by atoms with Gasteiger partial charge in [-0.05, 0) is 31.2 Å². The van der Waals surface area contributed by atoms with Crippen molar-refractivity contribution in [3.8, 4) is 17.2 Å². The van der Waals surface area contributed by atoms with Gasteiger partial charge in [-0.1, -0.05) is 11.6 Å². The molecule has 1 N–H and O–H groups in total. The number of nitrogens with one attached hydrogen (secondary N) is 1. The lowest BCUT2D eigenvalue weighted by molar-refractivity contribution is 0.101. The lowest BCUT2D eigenvalue weighted by Crippen LogP contribution is -2.17. The van der Waals surface area contributed by atoms with Crippen LogP contribution in [0.15, 0.2) is 36.7 Å². The number of nitrogens with zero attached hydrogens (tertiary/aromatic N) is 3. The number of rotatable bonds is 4. The maximum absolute atomic E-state index is 15.1. The summed E-state index contributed by atoms with van der Waals surface area (Å²) < 4.78 is 31.1. The number of hydrogen-bond donors (Lipinski definition) is 1. The van der Waals surface area contributed by atoms with Crippen LogP contribution in [0.2, 0.25) is 5.02 Å². The molecule has 3 rings (SSSR count). The molecule has 0 spiro atoms. The summed E-state index contributed by atoms with van der Waals surface area (Å²) in [6, 6.07) is 6.74. The number of benzene rings is 2. The average molecular weight is 415 g/mol. The first kappa shape index (κ1) is 20.2. The molecular formula is C20H13ClF2N4O2. The monoisotopic (exact) mass is 414 g/mol. The fraction of sp³-hybridized carbons (Fsp3) is 0.100. The SMILES string of the molecule is CC(=O)c1c(NC(=O)c2cc(C#N)ccc2Cl)cc(F)c(-c2cnn(C)c2)c1F. The van der Waals surface area contributed by atoms with Gasteiger partial charge in [0.2, 0.25) is 0 Å². The summed E-state index contributed by atoms with van der Waals surface area (Å²) in [4.78, 5) is 24.7. The highest BCUT2D eigenvalue weighted by Gasteiger charge is 2.25. The van der Waals surface area contributed by atoms with Crippen molar-refractivity contribution < 1.29 is 18.4 Å². The van der Waals surface area contributed by atoms with Gasteiger partial charge in [-0.2, -0.15) is 10.4 Å². The third-order valence-electron chi connectivity index (χ3n) is 4.15. The summed E-state index contributed by atoms with van der Waals surface area (Å²) in [5, 5.41) is 15.2. The van der Waals surface area contributed by atoms with Crippen LogP contribution in [0.3, 0.4) is 0 Å². The molecule has 1 amide bonds. The molecule has 0 aliphatic rings. The highest BCUT2D eigenvalue weighted by atomic mass is 35.5. The molecule has 0 saturated carbocycles. The lowest BCUT2D eigenvalue weighted by Gasteiger charge is -2.14. The minimum Gasteiger partial charge on any atom is -0.321 e. The molecular weight excluding hydrogens is 402 g/mol. The van der Waals surface area contributed by atoms with Gasteiger partial charge < -0.3 is 5.32 Å². The van der Waals surface area contributed by atoms with Crippen molar-refractivity contribution in [2.45, 2.75) is 6.92 Å². The standard InChI is InChI=1S/C20H13ClF2N4O2/c1-10(28)17-16(26-20(29)13-5-11(7-24)3-4-14(13)21)6-15(22)18(19(17)23)12-8-25-27(2)9-12/h3-6,8-9H,1-2H3,(H,26,29). The molecule has 29 heavy (non-hydrogen) atoms. The molecule has 0 atom stereocenters. The number of ketones is 1. The molecule has 0 fully saturated rings. The Bertz CT molecular complexity index is 1200. The predicted molar refractivity (Wildman–Crippen MR) is 103 cm³/mol. The number of aromatic nitrogens is 2. The van der Waals surface area contributed by atoms with Crippen LogP contribution < -0.4 is 5.32 Å². The van der Waals surface area contributed by atoms with E-state index in [4.69, 9.17) is 16.9 Å². The van der Waals surface area contributed by atoms with E-state index >= 15 is 4.39 Å². The van der Waals surface area contributed by atoms with E-state index in [-0.39, 0.29) is 27.4 Å². The molecule has 9 heteroatoms. The minimum absolute atomic E-state index is 0.0406. The maximum Gasteiger partial charge on any atom is 0.257 e. The average Bonchev–Trinajstić information content (AvgIpc) is 3.07. The molecule has 6 nitrogen and oxygen atoms in total. The number of anilines is 1. The van der Waals surface area contributed by atoms with Gasteiger partial charge in [-0.15, -0.1) is 0 Å². The Morgan fingerprint density at radius 2 is 2.00 bits per heavy atom. The zero-order valence-corrected chi connectivity index (χ0v) is 16.0. The number of hydrogen-bond acceptors (Lipinski definition) is 4. The van der Waals surface area contributed by atoms with Crippen molar-refractivity contribution in [3.05, 3.63) is 70.0 Å². The quantitative estimate of drug-likeness (QED) is 0.643. The fourth-order valence-electron chi connectivity index (χ4n) is 2.84. The Balaban J connectivity index is 2.10. The molecule has 0 saturated heterocycles. The summed E-state index contributed by atoms with van der Waals surface area (Å²) in [6.07, 6.45) is 2.66. The van der Waals surface area contributed by atoms with E-state index < -0.39 is 34.5 Å². The topological polar surface area (TPSA) is 87.8 Å². The number of carbonyl (C=O) groups excluding carboxylic acids is 2. The van der Waals surface area contributed by atoms with E-state index in [1.54, 1.807) is 7.05 Å². The van der Waals surface area contributed by atoms with E-state index in [1.165, 1.54) is 35.3 Å². The molecule has 0 aliphatic heterocycles. The second kappa shape index (κ2) is 7.81. The molecule has 0 aliphatic carbocycles. The number of halogens is 3. The van der Waals surface area contributed by atoms with Crippen molar-refractivity contribution in [1.82, 2.24) is 9.78 Å². The molecule has 1 aromatic heterocycles. The van der Waals surface area contributed by atoms with Gasteiger partial charge in [-0.25, -0.2) is 8.78 Å². The minimum atomic E-state index is -1.11. The first-order valence-corrected chi connectivity index (χ1v) is 8.63. The van der Waals surface area contributed by atoms with Crippen molar-refractivity contribution in [2.24, 2.45) is 7.05 Å². The summed E-state index contributed by atoms with van der Waals surface area (Å²) in [6.45, 7) is 1.10. The van der Waals surface area contributed by atoms with Crippen LogP contribution in [0.5, 0.6) is 0 Å². The highest BCUT2D eigenvalue weighted by Crippen LogP contribution is 2.33. The van der Waals surface area contributed by atoms with Gasteiger partial charge in [0.05, 0.1) is 45.2 Å². The van der Waals surface area contributed by atoms with Gasteiger partial charge in [0, 0.05) is 18.8 Å². The third kappa shape index (κ3) is 3.86. The van der Waals surface area contributed by atoms with E-state index in [1.807, 2.05) is 6.07 Å². The second-order valence-corrected chi connectivity index (χ2v) is 6.60. The van der Waals surface area contributed by atoms with Crippen molar-refractivity contribution in [1.29, 1.82) is 5.26 Å². The van der Waals surface area contributed by atoms with Crippen LogP contribution in [0, 0.1) is 23.0 Å². The Labute approximate surface area is 169 Å². The summed E-state index contributed by atoms with van der Waals surface area (Å²) >= 11 is 5.99. The van der Waals surface area contributed by atoms with Crippen molar-refractivity contribution >= 4 is 29.0 Å². The van der Waals surface area contributed by atoms with Crippen LogP contribution in [0.4, 0.5) is 14.5 Å². The number of aryl methyl sites for hydroxylation is 1.